The molecule has 128 valence electrons. The minimum absolute atomic E-state index is 0.0759. The van der Waals surface area contributed by atoms with E-state index in [1.54, 1.807) is 6.07 Å². The molecule has 2 aromatic heterocycles. The number of urea groups is 1. The second-order valence-corrected chi connectivity index (χ2v) is 6.08. The lowest BCUT2D eigenvalue weighted by molar-refractivity contribution is -0.127. The third kappa shape index (κ3) is 3.66. The Kier molecular flexibility index (Phi) is 4.48. The van der Waals surface area contributed by atoms with Gasteiger partial charge in [-0.2, -0.15) is 0 Å². The van der Waals surface area contributed by atoms with E-state index in [1.165, 1.54) is 24.3 Å². The molecule has 0 spiro atoms. The van der Waals surface area contributed by atoms with Gasteiger partial charge in [0.25, 0.3) is 5.91 Å². The van der Waals surface area contributed by atoms with E-state index in [4.69, 9.17) is 14.9 Å². The van der Waals surface area contributed by atoms with E-state index in [-0.39, 0.29) is 5.76 Å². The molecule has 0 saturated heterocycles. The van der Waals surface area contributed by atoms with Crippen molar-refractivity contribution in [3.8, 4) is 10.8 Å². The molecule has 1 aromatic carbocycles. The highest BCUT2D eigenvalue weighted by molar-refractivity contribution is 7.21. The van der Waals surface area contributed by atoms with Crippen molar-refractivity contribution in [2.75, 3.05) is 0 Å². The van der Waals surface area contributed by atoms with Crippen molar-refractivity contribution in [1.82, 2.24) is 10.3 Å². The van der Waals surface area contributed by atoms with Crippen LogP contribution in [0.1, 0.15) is 17.5 Å². The van der Waals surface area contributed by atoms with Crippen LogP contribution in [-0.2, 0) is 9.53 Å². The predicted molar refractivity (Wildman–Crippen MR) is 89.9 cm³/mol. The number of nitrogens with zero attached hydrogens (tertiary/aromatic N) is 1. The molecule has 0 aliphatic rings. The van der Waals surface area contributed by atoms with E-state index < -0.39 is 24.0 Å². The highest BCUT2D eigenvalue weighted by atomic mass is 32.1. The van der Waals surface area contributed by atoms with E-state index in [0.29, 0.717) is 10.8 Å². The van der Waals surface area contributed by atoms with Crippen molar-refractivity contribution in [2.45, 2.75) is 13.0 Å². The number of rotatable bonds is 4. The molecular formula is C16H13N3O5S. The first kappa shape index (κ1) is 16.7. The predicted octanol–water partition coefficient (Wildman–Crippen LogP) is 2.30. The van der Waals surface area contributed by atoms with Gasteiger partial charge in [-0.25, -0.2) is 14.6 Å². The van der Waals surface area contributed by atoms with Crippen LogP contribution in [0.2, 0.25) is 0 Å². The summed E-state index contributed by atoms with van der Waals surface area (Å²) >= 11 is 1.43. The molecule has 0 aliphatic heterocycles. The molecule has 25 heavy (non-hydrogen) atoms. The third-order valence-corrected chi connectivity index (χ3v) is 4.26. The molecular weight excluding hydrogens is 346 g/mol. The molecule has 3 amide bonds. The third-order valence-electron chi connectivity index (χ3n) is 3.21. The van der Waals surface area contributed by atoms with Crippen LogP contribution in [0, 0.1) is 0 Å². The van der Waals surface area contributed by atoms with Gasteiger partial charge in [-0.15, -0.1) is 11.3 Å². The van der Waals surface area contributed by atoms with Crippen molar-refractivity contribution in [1.29, 1.82) is 0 Å². The van der Waals surface area contributed by atoms with Gasteiger partial charge in [0.05, 0.1) is 10.2 Å². The van der Waals surface area contributed by atoms with E-state index in [2.05, 4.69) is 4.98 Å². The molecule has 3 N–H and O–H groups in total. The number of imide groups is 1. The Morgan fingerprint density at radius 1 is 1.24 bits per heavy atom. The first-order valence-electron chi connectivity index (χ1n) is 7.21. The number of thiazole rings is 1. The van der Waals surface area contributed by atoms with Gasteiger partial charge in [0.15, 0.2) is 16.9 Å². The fourth-order valence-corrected chi connectivity index (χ4v) is 2.96. The molecule has 0 fully saturated rings. The maximum absolute atomic E-state index is 12.0. The number of hydrogen-bond acceptors (Lipinski definition) is 7. The van der Waals surface area contributed by atoms with Crippen LogP contribution < -0.4 is 11.1 Å². The Balaban J connectivity index is 1.73. The number of amides is 3. The molecule has 8 nitrogen and oxygen atoms in total. The molecule has 1 atom stereocenters. The van der Waals surface area contributed by atoms with Crippen LogP contribution in [0.3, 0.4) is 0 Å². The molecule has 0 bridgehead atoms. The van der Waals surface area contributed by atoms with Crippen LogP contribution in [0.25, 0.3) is 21.0 Å². The number of benzene rings is 1. The number of carbonyl (C=O) groups is 3. The van der Waals surface area contributed by atoms with Gasteiger partial charge in [-0.1, -0.05) is 12.1 Å². The average molecular weight is 359 g/mol. The number of para-hydroxylation sites is 1. The number of fused-ring (bicyclic) bond motifs is 1. The fourth-order valence-electron chi connectivity index (χ4n) is 2.04. The summed E-state index contributed by atoms with van der Waals surface area (Å²) < 4.78 is 11.4. The lowest BCUT2D eigenvalue weighted by Gasteiger charge is -2.10. The van der Waals surface area contributed by atoms with Gasteiger partial charge in [-0.3, -0.25) is 10.1 Å². The van der Waals surface area contributed by atoms with Gasteiger partial charge in [0.2, 0.25) is 5.76 Å². The highest BCUT2D eigenvalue weighted by Crippen LogP contribution is 2.31. The standard InChI is InChI=1S/C16H13N3O5S/c1-8(13(20)19-16(17)22)23-15(21)11-7-6-10(24-11)14-18-9-4-2-3-5-12(9)25-14/h2-8H,1H3,(H3,17,19,20,22)/t8-/m0/s1. The number of hydrogen-bond donors (Lipinski definition) is 2. The number of furan rings is 1. The minimum atomic E-state index is -1.20. The SMILES string of the molecule is C[C@H](OC(=O)c1ccc(-c2nc3ccccc3s2)o1)C(=O)NC(N)=O. The molecule has 0 aliphatic carbocycles. The summed E-state index contributed by atoms with van der Waals surface area (Å²) in [6, 6.07) is 9.62. The lowest BCUT2D eigenvalue weighted by Crippen LogP contribution is -2.42. The molecule has 2 heterocycles. The number of primary amides is 1. The monoisotopic (exact) mass is 359 g/mol. The summed E-state index contributed by atoms with van der Waals surface area (Å²) in [5.41, 5.74) is 5.67. The van der Waals surface area contributed by atoms with Gasteiger partial charge in [-0.05, 0) is 31.2 Å². The van der Waals surface area contributed by atoms with Crippen molar-refractivity contribution in [3.05, 3.63) is 42.2 Å². The Labute approximate surface area is 145 Å². The van der Waals surface area contributed by atoms with Crippen LogP contribution in [0.5, 0.6) is 0 Å². The lowest BCUT2D eigenvalue weighted by atomic mass is 10.3. The second-order valence-electron chi connectivity index (χ2n) is 5.05. The van der Waals surface area contributed by atoms with Gasteiger partial charge < -0.3 is 14.9 Å². The number of nitrogens with two attached hydrogens (primary N) is 1. The van der Waals surface area contributed by atoms with Crippen LogP contribution in [0.15, 0.2) is 40.8 Å². The smallest absolute Gasteiger partial charge is 0.375 e. The molecule has 0 radical (unpaired) electrons. The summed E-state index contributed by atoms with van der Waals surface area (Å²) in [5, 5.41) is 2.45. The van der Waals surface area contributed by atoms with Gasteiger partial charge in [0.1, 0.15) is 0 Å². The normalized spacial score (nSPS) is 11.9. The quantitative estimate of drug-likeness (QED) is 0.689. The average Bonchev–Trinajstić information content (AvgIpc) is 3.20. The van der Waals surface area contributed by atoms with Gasteiger partial charge in [0, 0.05) is 0 Å². The molecule has 0 saturated carbocycles. The summed E-state index contributed by atoms with van der Waals surface area (Å²) in [6.45, 7) is 1.31. The summed E-state index contributed by atoms with van der Waals surface area (Å²) in [7, 11) is 0. The Morgan fingerprint density at radius 2 is 2.00 bits per heavy atom. The maximum atomic E-state index is 12.0. The van der Waals surface area contributed by atoms with E-state index in [9.17, 15) is 14.4 Å². The minimum Gasteiger partial charge on any atom is -0.447 e. The van der Waals surface area contributed by atoms with E-state index in [1.807, 2.05) is 29.6 Å². The number of nitrogens with one attached hydrogen (secondary N) is 1. The van der Waals surface area contributed by atoms with Crippen molar-refractivity contribution in [2.24, 2.45) is 5.73 Å². The van der Waals surface area contributed by atoms with Crippen LogP contribution in [-0.4, -0.2) is 29.0 Å². The number of carbonyl (C=O) groups excluding carboxylic acids is 3. The van der Waals surface area contributed by atoms with E-state index in [0.717, 1.165) is 10.2 Å². The first-order valence-corrected chi connectivity index (χ1v) is 8.03. The first-order chi connectivity index (χ1) is 11.9. The largest absolute Gasteiger partial charge is 0.447 e. The number of ether oxygens (including phenoxy) is 1. The Morgan fingerprint density at radius 3 is 2.72 bits per heavy atom. The summed E-state index contributed by atoms with van der Waals surface area (Å²) in [4.78, 5) is 38.6. The van der Waals surface area contributed by atoms with Gasteiger partial charge >= 0.3 is 12.0 Å². The second kappa shape index (κ2) is 6.73. The van der Waals surface area contributed by atoms with Crippen LogP contribution in [0.4, 0.5) is 4.79 Å². The number of esters is 1. The van der Waals surface area contributed by atoms with E-state index >= 15 is 0 Å². The van der Waals surface area contributed by atoms with Crippen molar-refractivity contribution in [3.63, 3.8) is 0 Å². The Bertz CT molecular complexity index is 928. The zero-order chi connectivity index (χ0) is 18.0. The Hall–Kier alpha value is -3.20. The molecule has 3 rings (SSSR count). The molecule has 0 unspecified atom stereocenters. The topological polar surface area (TPSA) is 125 Å². The zero-order valence-electron chi connectivity index (χ0n) is 13.0. The zero-order valence-corrected chi connectivity index (χ0v) is 13.8. The van der Waals surface area contributed by atoms with Crippen molar-refractivity contribution >= 4 is 39.5 Å². The van der Waals surface area contributed by atoms with Crippen molar-refractivity contribution < 1.29 is 23.5 Å². The summed E-state index contributed by atoms with van der Waals surface area (Å²) in [6.07, 6.45) is -1.20. The highest BCUT2D eigenvalue weighted by Gasteiger charge is 2.22. The number of aromatic nitrogens is 1. The fraction of sp³-hybridized carbons (Fsp3) is 0.125. The van der Waals surface area contributed by atoms with Crippen LogP contribution >= 0.6 is 11.3 Å². The molecule has 9 heteroatoms. The molecule has 3 aromatic rings. The summed E-state index contributed by atoms with van der Waals surface area (Å²) in [5.74, 6) is -1.31. The maximum Gasteiger partial charge on any atom is 0.375 e.